The van der Waals surface area contributed by atoms with Gasteiger partial charge in [-0.2, -0.15) is 0 Å². The number of hydrogen-bond donors (Lipinski definition) is 1. The SMILES string of the molecule is CNC(Cc1cccc(F)c1Br)c1cc(Br)ccc1Cl. The first-order chi connectivity index (χ1) is 9.52. The van der Waals surface area contributed by atoms with Crippen LogP contribution in [-0.4, -0.2) is 7.05 Å². The Morgan fingerprint density at radius 2 is 2.00 bits per heavy atom. The average molecular weight is 422 g/mol. The van der Waals surface area contributed by atoms with Gasteiger partial charge in [0.15, 0.2) is 0 Å². The van der Waals surface area contributed by atoms with Crippen molar-refractivity contribution in [1.82, 2.24) is 5.32 Å². The van der Waals surface area contributed by atoms with Crippen molar-refractivity contribution in [2.24, 2.45) is 0 Å². The van der Waals surface area contributed by atoms with Gasteiger partial charge in [0, 0.05) is 15.5 Å². The van der Waals surface area contributed by atoms with E-state index in [1.165, 1.54) is 6.07 Å². The van der Waals surface area contributed by atoms with Crippen LogP contribution in [0.2, 0.25) is 5.02 Å². The van der Waals surface area contributed by atoms with Crippen molar-refractivity contribution in [1.29, 1.82) is 0 Å². The van der Waals surface area contributed by atoms with E-state index in [-0.39, 0.29) is 11.9 Å². The zero-order valence-corrected chi connectivity index (χ0v) is 14.7. The minimum atomic E-state index is -0.252. The Hall–Kier alpha value is -0.420. The van der Waals surface area contributed by atoms with Gasteiger partial charge >= 0.3 is 0 Å². The zero-order valence-electron chi connectivity index (χ0n) is 10.8. The largest absolute Gasteiger partial charge is 0.313 e. The molecule has 0 heterocycles. The van der Waals surface area contributed by atoms with Crippen molar-refractivity contribution >= 4 is 43.5 Å². The molecular formula is C15H13Br2ClFN. The highest BCUT2D eigenvalue weighted by Crippen LogP contribution is 2.31. The number of halogens is 4. The highest BCUT2D eigenvalue weighted by Gasteiger charge is 2.16. The van der Waals surface area contributed by atoms with Crippen molar-refractivity contribution in [3.63, 3.8) is 0 Å². The van der Waals surface area contributed by atoms with E-state index in [0.29, 0.717) is 15.9 Å². The van der Waals surface area contributed by atoms with Crippen LogP contribution in [0.5, 0.6) is 0 Å². The number of nitrogens with one attached hydrogen (secondary N) is 1. The van der Waals surface area contributed by atoms with Gasteiger partial charge < -0.3 is 5.32 Å². The maximum Gasteiger partial charge on any atom is 0.137 e. The Labute approximate surface area is 139 Å². The van der Waals surface area contributed by atoms with Gasteiger partial charge in [0.25, 0.3) is 0 Å². The predicted molar refractivity (Wildman–Crippen MR) is 88.8 cm³/mol. The van der Waals surface area contributed by atoms with E-state index in [9.17, 15) is 4.39 Å². The normalized spacial score (nSPS) is 12.4. The number of rotatable bonds is 4. The van der Waals surface area contributed by atoms with Crippen molar-refractivity contribution in [2.45, 2.75) is 12.5 Å². The lowest BCUT2D eigenvalue weighted by atomic mass is 9.99. The predicted octanol–water partition coefficient (Wildman–Crippen LogP) is 5.51. The highest BCUT2D eigenvalue weighted by molar-refractivity contribution is 9.10. The maximum atomic E-state index is 13.6. The average Bonchev–Trinajstić information content (AvgIpc) is 2.43. The van der Waals surface area contributed by atoms with Crippen LogP contribution < -0.4 is 5.32 Å². The van der Waals surface area contributed by atoms with Gasteiger partial charge in [0.1, 0.15) is 5.82 Å². The highest BCUT2D eigenvalue weighted by atomic mass is 79.9. The van der Waals surface area contributed by atoms with Gasteiger partial charge in [-0.25, -0.2) is 4.39 Å². The first-order valence-electron chi connectivity index (χ1n) is 6.08. The smallest absolute Gasteiger partial charge is 0.137 e. The molecule has 0 fully saturated rings. The van der Waals surface area contributed by atoms with E-state index in [0.717, 1.165) is 15.6 Å². The molecule has 0 aromatic heterocycles. The van der Waals surface area contributed by atoms with Crippen LogP contribution >= 0.6 is 43.5 Å². The molecule has 0 aliphatic rings. The summed E-state index contributed by atoms with van der Waals surface area (Å²) >= 11 is 13.0. The molecule has 0 saturated carbocycles. The van der Waals surface area contributed by atoms with E-state index in [1.807, 2.05) is 31.3 Å². The minimum Gasteiger partial charge on any atom is -0.313 e. The Morgan fingerprint density at radius 1 is 1.25 bits per heavy atom. The molecule has 0 amide bonds. The van der Waals surface area contributed by atoms with Crippen LogP contribution in [0.25, 0.3) is 0 Å². The quantitative estimate of drug-likeness (QED) is 0.687. The van der Waals surface area contributed by atoms with E-state index in [1.54, 1.807) is 6.07 Å². The summed E-state index contributed by atoms with van der Waals surface area (Å²) in [6, 6.07) is 10.8. The molecular weight excluding hydrogens is 408 g/mol. The summed E-state index contributed by atoms with van der Waals surface area (Å²) in [5.74, 6) is -0.252. The monoisotopic (exact) mass is 419 g/mol. The summed E-state index contributed by atoms with van der Waals surface area (Å²) in [5.41, 5.74) is 1.89. The lowest BCUT2D eigenvalue weighted by molar-refractivity contribution is 0.580. The van der Waals surface area contributed by atoms with Crippen molar-refractivity contribution < 1.29 is 4.39 Å². The Morgan fingerprint density at radius 3 is 2.70 bits per heavy atom. The summed E-state index contributed by atoms with van der Waals surface area (Å²) in [5, 5.41) is 3.93. The maximum absolute atomic E-state index is 13.6. The summed E-state index contributed by atoms with van der Waals surface area (Å²) in [6.45, 7) is 0. The molecule has 0 spiro atoms. The number of hydrogen-bond acceptors (Lipinski definition) is 1. The third-order valence-corrected chi connectivity index (χ3v) is 4.86. The number of benzene rings is 2. The van der Waals surface area contributed by atoms with Crippen LogP contribution in [0.1, 0.15) is 17.2 Å². The Balaban J connectivity index is 2.34. The van der Waals surface area contributed by atoms with E-state index < -0.39 is 0 Å². The Bertz CT molecular complexity index is 619. The molecule has 0 saturated heterocycles. The molecule has 1 N–H and O–H groups in total. The van der Waals surface area contributed by atoms with Gasteiger partial charge in [-0.05, 0) is 64.8 Å². The molecule has 0 aliphatic heterocycles. The lowest BCUT2D eigenvalue weighted by Crippen LogP contribution is -2.19. The van der Waals surface area contributed by atoms with Gasteiger partial charge in [0.05, 0.1) is 4.47 Å². The summed E-state index contributed by atoms with van der Waals surface area (Å²) in [7, 11) is 1.87. The zero-order chi connectivity index (χ0) is 14.7. The van der Waals surface area contributed by atoms with Crippen molar-refractivity contribution in [3.05, 3.63) is 67.3 Å². The first-order valence-corrected chi connectivity index (χ1v) is 8.04. The van der Waals surface area contributed by atoms with Crippen LogP contribution in [-0.2, 0) is 6.42 Å². The molecule has 106 valence electrons. The fraction of sp³-hybridized carbons (Fsp3) is 0.200. The molecule has 0 aliphatic carbocycles. The molecule has 1 unspecified atom stereocenters. The molecule has 0 radical (unpaired) electrons. The van der Waals surface area contributed by atoms with Crippen LogP contribution in [0, 0.1) is 5.82 Å². The third kappa shape index (κ3) is 3.61. The van der Waals surface area contributed by atoms with Gasteiger partial charge in [-0.15, -0.1) is 0 Å². The van der Waals surface area contributed by atoms with Gasteiger partial charge in [-0.1, -0.05) is 39.7 Å². The van der Waals surface area contributed by atoms with Crippen LogP contribution in [0.4, 0.5) is 4.39 Å². The molecule has 5 heteroatoms. The molecule has 2 rings (SSSR count). The summed E-state index contributed by atoms with van der Waals surface area (Å²) in [4.78, 5) is 0. The summed E-state index contributed by atoms with van der Waals surface area (Å²) in [6.07, 6.45) is 0.644. The third-order valence-electron chi connectivity index (χ3n) is 3.14. The summed E-state index contributed by atoms with van der Waals surface area (Å²) < 4.78 is 15.1. The van der Waals surface area contributed by atoms with Crippen molar-refractivity contribution in [3.8, 4) is 0 Å². The van der Waals surface area contributed by atoms with E-state index >= 15 is 0 Å². The lowest BCUT2D eigenvalue weighted by Gasteiger charge is -2.19. The topological polar surface area (TPSA) is 12.0 Å². The van der Waals surface area contributed by atoms with Gasteiger partial charge in [0.2, 0.25) is 0 Å². The minimum absolute atomic E-state index is 0.0121. The molecule has 20 heavy (non-hydrogen) atoms. The Kier molecular flexibility index (Phi) is 5.61. The molecule has 2 aromatic rings. The first kappa shape index (κ1) is 16.0. The van der Waals surface area contributed by atoms with Gasteiger partial charge in [-0.3, -0.25) is 0 Å². The van der Waals surface area contributed by atoms with Crippen molar-refractivity contribution in [2.75, 3.05) is 7.05 Å². The van der Waals surface area contributed by atoms with E-state index in [2.05, 4.69) is 37.2 Å². The molecule has 0 bridgehead atoms. The fourth-order valence-corrected chi connectivity index (χ4v) is 3.13. The molecule has 1 atom stereocenters. The van der Waals surface area contributed by atoms with Crippen LogP contribution in [0.15, 0.2) is 45.3 Å². The second-order valence-corrected chi connectivity index (χ2v) is 6.54. The fourth-order valence-electron chi connectivity index (χ4n) is 2.08. The number of likely N-dealkylation sites (N-methyl/N-ethyl adjacent to an activating group) is 1. The second-order valence-electron chi connectivity index (χ2n) is 4.42. The van der Waals surface area contributed by atoms with E-state index in [4.69, 9.17) is 11.6 Å². The van der Waals surface area contributed by atoms with Crippen LogP contribution in [0.3, 0.4) is 0 Å². The standard InChI is InChI=1S/C15H13Br2ClFN/c1-20-14(11-8-10(16)5-6-12(11)18)7-9-3-2-4-13(19)15(9)17/h2-6,8,14,20H,7H2,1H3. The molecule has 2 aromatic carbocycles. The molecule has 1 nitrogen and oxygen atoms in total. The second kappa shape index (κ2) is 7.03.